The lowest BCUT2D eigenvalue weighted by Crippen LogP contribution is -2.47. The summed E-state index contributed by atoms with van der Waals surface area (Å²) in [5.74, 6) is 9.03. The maximum Gasteiger partial charge on any atom is 0.101 e. The molecule has 14 unspecified atom stereocenters. The van der Waals surface area contributed by atoms with Crippen LogP contribution < -0.4 is 0 Å². The predicted octanol–water partition coefficient (Wildman–Crippen LogP) is 11.6. The quantitative estimate of drug-likeness (QED) is 0.231. The van der Waals surface area contributed by atoms with E-state index >= 15 is 0 Å². The van der Waals surface area contributed by atoms with Crippen LogP contribution in [0.25, 0.3) is 0 Å². The van der Waals surface area contributed by atoms with Crippen LogP contribution in [0.2, 0.25) is 0 Å². The molecular formula is C44H82O4. The van der Waals surface area contributed by atoms with Crippen molar-refractivity contribution in [3.63, 3.8) is 0 Å². The molecule has 4 heteroatoms. The fourth-order valence-electron chi connectivity index (χ4n) is 13.4. The Balaban J connectivity index is 0.000000163. The molecular weight excluding hydrogens is 592 g/mol. The van der Waals surface area contributed by atoms with E-state index in [1.54, 1.807) is 0 Å². The number of ether oxygens (including phenoxy) is 4. The van der Waals surface area contributed by atoms with Crippen LogP contribution in [0.15, 0.2) is 0 Å². The van der Waals surface area contributed by atoms with Crippen LogP contribution in [0.1, 0.15) is 163 Å². The van der Waals surface area contributed by atoms with Gasteiger partial charge in [0.05, 0.1) is 41.7 Å². The molecule has 0 radical (unpaired) electrons. The Bertz CT molecular complexity index is 1010. The van der Waals surface area contributed by atoms with Gasteiger partial charge in [-0.1, -0.05) is 96.9 Å². The maximum atomic E-state index is 6.41. The van der Waals surface area contributed by atoms with Gasteiger partial charge in [0, 0.05) is 5.92 Å². The van der Waals surface area contributed by atoms with Gasteiger partial charge in [-0.2, -0.15) is 0 Å². The van der Waals surface area contributed by atoms with Crippen LogP contribution in [0.4, 0.5) is 0 Å². The number of hydrogen-bond acceptors (Lipinski definition) is 4. The fraction of sp³-hybridized carbons (Fsp3) is 1.00. The summed E-state index contributed by atoms with van der Waals surface area (Å²) >= 11 is 0. The molecule has 0 aromatic heterocycles. The zero-order valence-electron chi connectivity index (χ0n) is 34.9. The first-order valence-electron chi connectivity index (χ1n) is 20.9. The molecule has 0 amide bonds. The third-order valence-corrected chi connectivity index (χ3v) is 13.7. The van der Waals surface area contributed by atoms with E-state index < -0.39 is 0 Å². The van der Waals surface area contributed by atoms with Crippen LogP contribution in [0, 0.1) is 71.0 Å². The van der Waals surface area contributed by atoms with Gasteiger partial charge in [0.1, 0.15) is 5.60 Å². The first kappa shape index (κ1) is 40.6. The van der Waals surface area contributed by atoms with Crippen molar-refractivity contribution < 1.29 is 18.9 Å². The second-order valence-electron chi connectivity index (χ2n) is 20.1. The fourth-order valence-corrected chi connectivity index (χ4v) is 13.4. The molecule has 6 rings (SSSR count). The van der Waals surface area contributed by atoms with Crippen molar-refractivity contribution in [1.82, 2.24) is 0 Å². The third-order valence-electron chi connectivity index (χ3n) is 13.7. The first-order chi connectivity index (χ1) is 22.3. The van der Waals surface area contributed by atoms with E-state index in [0.29, 0.717) is 42.2 Å². The van der Waals surface area contributed by atoms with Crippen molar-refractivity contribution >= 4 is 0 Å². The van der Waals surface area contributed by atoms with Gasteiger partial charge >= 0.3 is 0 Å². The van der Waals surface area contributed by atoms with Crippen LogP contribution in [0.5, 0.6) is 0 Å². The first-order valence-corrected chi connectivity index (χ1v) is 20.9. The lowest BCUT2D eigenvalue weighted by Gasteiger charge is -2.39. The highest BCUT2D eigenvalue weighted by Gasteiger charge is 2.65. The van der Waals surface area contributed by atoms with Crippen molar-refractivity contribution in [3.05, 3.63) is 0 Å². The van der Waals surface area contributed by atoms with Crippen LogP contribution in [-0.2, 0) is 18.9 Å². The molecule has 48 heavy (non-hydrogen) atoms. The van der Waals surface area contributed by atoms with Gasteiger partial charge < -0.3 is 18.9 Å². The molecule has 6 aliphatic rings. The summed E-state index contributed by atoms with van der Waals surface area (Å²) in [6.45, 7) is 39.4. The molecule has 6 bridgehead atoms. The lowest BCUT2D eigenvalue weighted by molar-refractivity contribution is -0.187. The summed E-state index contributed by atoms with van der Waals surface area (Å²) in [6, 6.07) is 0. The molecule has 0 aromatic carbocycles. The van der Waals surface area contributed by atoms with E-state index in [1.165, 1.54) is 32.1 Å². The summed E-state index contributed by atoms with van der Waals surface area (Å²) in [7, 11) is 0. The Labute approximate surface area is 299 Å². The zero-order chi connectivity index (χ0) is 36.1. The number of fused-ring (bicyclic) bond motifs is 6. The lowest BCUT2D eigenvalue weighted by atomic mass is 9.73. The summed E-state index contributed by atoms with van der Waals surface area (Å²) in [6.07, 6.45) is 10.6. The van der Waals surface area contributed by atoms with Gasteiger partial charge in [0.25, 0.3) is 0 Å². The van der Waals surface area contributed by atoms with Crippen molar-refractivity contribution in [3.8, 4) is 0 Å². The Morgan fingerprint density at radius 2 is 1.10 bits per heavy atom. The molecule has 6 fully saturated rings. The van der Waals surface area contributed by atoms with Gasteiger partial charge in [-0.25, -0.2) is 0 Å². The maximum absolute atomic E-state index is 6.41. The highest BCUT2D eigenvalue weighted by atomic mass is 16.6. The van der Waals surface area contributed by atoms with Crippen molar-refractivity contribution in [1.29, 1.82) is 0 Å². The van der Waals surface area contributed by atoms with Gasteiger partial charge in [-0.05, 0) is 131 Å². The molecule has 4 nitrogen and oxygen atoms in total. The van der Waals surface area contributed by atoms with Crippen LogP contribution in [0.3, 0.4) is 0 Å². The standard InChI is InChI=1S/C15H28O2.C15H28O.C14H26O/c1-7-12-15(8-9(2)3)13(10(4)5)14(16-12)11(6)17-15;1-9(2)7-15-8-11(5)13(12(6)16-15)14(15)10(3)4;1-9(2)8-14-7-6-12(11(5)15-14)13(14)10(3)4/h9-14H,7-8H2,1-6H3;9-14H,7-8H2,1-6H3;9-13H,6-8H2,1-5H3. The summed E-state index contributed by atoms with van der Waals surface area (Å²) in [5, 5.41) is 0. The largest absolute Gasteiger partial charge is 0.371 e. The summed E-state index contributed by atoms with van der Waals surface area (Å²) in [4.78, 5) is 0. The van der Waals surface area contributed by atoms with Crippen molar-refractivity contribution in [2.24, 2.45) is 71.0 Å². The van der Waals surface area contributed by atoms with E-state index in [9.17, 15) is 0 Å². The average Bonchev–Trinajstić information content (AvgIpc) is 3.71. The highest BCUT2D eigenvalue weighted by molar-refractivity contribution is 5.12. The average molecular weight is 675 g/mol. The van der Waals surface area contributed by atoms with E-state index in [1.807, 2.05) is 0 Å². The molecule has 282 valence electrons. The van der Waals surface area contributed by atoms with Crippen molar-refractivity contribution in [2.45, 2.75) is 210 Å². The van der Waals surface area contributed by atoms with E-state index in [2.05, 4.69) is 118 Å². The second-order valence-corrected chi connectivity index (χ2v) is 20.1. The zero-order valence-corrected chi connectivity index (χ0v) is 34.9. The van der Waals surface area contributed by atoms with E-state index in [-0.39, 0.29) is 22.9 Å². The van der Waals surface area contributed by atoms with Crippen molar-refractivity contribution in [2.75, 3.05) is 0 Å². The summed E-state index contributed by atoms with van der Waals surface area (Å²) in [5.41, 5.74) is 0.444. The predicted molar refractivity (Wildman–Crippen MR) is 202 cm³/mol. The minimum absolute atomic E-state index is 0.0127. The molecule has 2 saturated carbocycles. The Morgan fingerprint density at radius 1 is 0.583 bits per heavy atom. The van der Waals surface area contributed by atoms with Gasteiger partial charge in [0.15, 0.2) is 0 Å². The van der Waals surface area contributed by atoms with Crippen LogP contribution >= 0.6 is 0 Å². The molecule has 4 saturated heterocycles. The minimum atomic E-state index is -0.0127. The van der Waals surface area contributed by atoms with Gasteiger partial charge in [-0.15, -0.1) is 0 Å². The molecule has 14 atom stereocenters. The third kappa shape index (κ3) is 7.50. The minimum Gasteiger partial charge on any atom is -0.371 e. The topological polar surface area (TPSA) is 36.9 Å². The Morgan fingerprint density at radius 3 is 1.56 bits per heavy atom. The van der Waals surface area contributed by atoms with Crippen LogP contribution in [-0.4, -0.2) is 47.3 Å². The van der Waals surface area contributed by atoms with Gasteiger partial charge in [0.2, 0.25) is 0 Å². The SMILES string of the molecule is CC(C)CC12CC(C)C(C(C)O1)C2C(C)C.CC(C)CC12CCC(C(C)O1)C2C(C)C.CCC1OC2C(C)OC1(CC(C)C)C2C(C)C. The second kappa shape index (κ2) is 15.4. The summed E-state index contributed by atoms with van der Waals surface area (Å²) < 4.78 is 25.4. The van der Waals surface area contributed by atoms with E-state index in [4.69, 9.17) is 18.9 Å². The molecule has 4 heterocycles. The molecule has 0 N–H and O–H groups in total. The molecule has 2 aliphatic carbocycles. The monoisotopic (exact) mass is 675 g/mol. The smallest absolute Gasteiger partial charge is 0.101 e. The Hall–Kier alpha value is -0.160. The number of hydrogen-bond donors (Lipinski definition) is 0. The number of rotatable bonds is 10. The molecule has 4 aliphatic heterocycles. The van der Waals surface area contributed by atoms with Gasteiger partial charge in [-0.3, -0.25) is 0 Å². The molecule has 0 spiro atoms. The normalized spacial score (nSPS) is 45.7. The highest BCUT2D eigenvalue weighted by Crippen LogP contribution is 2.60. The molecule has 0 aromatic rings. The Kier molecular flexibility index (Phi) is 13.1. The van der Waals surface area contributed by atoms with E-state index in [0.717, 1.165) is 66.1 Å².